The van der Waals surface area contributed by atoms with E-state index in [4.69, 9.17) is 4.74 Å². The molecule has 6 heteroatoms. The number of carbonyl (C=O) groups is 3. The molecular weight excluding hydrogens is 380 g/mol. The van der Waals surface area contributed by atoms with E-state index in [2.05, 4.69) is 31.4 Å². The highest BCUT2D eigenvalue weighted by Gasteiger charge is 2.20. The van der Waals surface area contributed by atoms with E-state index in [1.54, 1.807) is 12.1 Å². The summed E-state index contributed by atoms with van der Waals surface area (Å²) in [7, 11) is 0. The predicted octanol–water partition coefficient (Wildman–Crippen LogP) is 3.52. The number of hydrogen-bond acceptors (Lipinski definition) is 4. The van der Waals surface area contributed by atoms with Crippen molar-refractivity contribution in [3.05, 3.63) is 71.3 Å². The van der Waals surface area contributed by atoms with Crippen LogP contribution in [0.1, 0.15) is 62.1 Å². The van der Waals surface area contributed by atoms with Gasteiger partial charge in [-0.3, -0.25) is 9.59 Å². The van der Waals surface area contributed by atoms with E-state index in [9.17, 15) is 14.4 Å². The number of rotatable bonds is 7. The first-order valence-electron chi connectivity index (χ1n) is 10.0. The third-order valence-corrected chi connectivity index (χ3v) is 4.74. The highest BCUT2D eigenvalue weighted by atomic mass is 16.5. The van der Waals surface area contributed by atoms with Crippen molar-refractivity contribution in [3.63, 3.8) is 0 Å². The van der Waals surface area contributed by atoms with Crippen molar-refractivity contribution in [2.45, 2.75) is 52.1 Å². The number of amides is 2. The van der Waals surface area contributed by atoms with Gasteiger partial charge in [-0.1, -0.05) is 63.2 Å². The molecule has 0 aliphatic heterocycles. The van der Waals surface area contributed by atoms with Gasteiger partial charge < -0.3 is 15.4 Å². The molecule has 0 radical (unpaired) electrons. The Hall–Kier alpha value is -3.15. The fourth-order valence-corrected chi connectivity index (χ4v) is 2.83. The summed E-state index contributed by atoms with van der Waals surface area (Å²) < 4.78 is 5.04. The average molecular weight is 411 g/mol. The maximum Gasteiger partial charge on any atom is 0.328 e. The monoisotopic (exact) mass is 410 g/mol. The summed E-state index contributed by atoms with van der Waals surface area (Å²) in [5.41, 5.74) is 2.51. The van der Waals surface area contributed by atoms with Crippen molar-refractivity contribution in [3.8, 4) is 0 Å². The molecule has 2 rings (SSSR count). The summed E-state index contributed by atoms with van der Waals surface area (Å²) in [6, 6.07) is 15.7. The van der Waals surface area contributed by atoms with Gasteiger partial charge in [-0.05, 0) is 42.5 Å². The number of esters is 1. The minimum Gasteiger partial charge on any atom is -0.454 e. The molecule has 0 saturated heterocycles. The van der Waals surface area contributed by atoms with Crippen LogP contribution in [-0.4, -0.2) is 30.4 Å². The van der Waals surface area contributed by atoms with Crippen LogP contribution in [0.25, 0.3) is 0 Å². The Balaban J connectivity index is 1.81. The van der Waals surface area contributed by atoms with Gasteiger partial charge in [0.1, 0.15) is 6.04 Å². The molecule has 2 atom stereocenters. The minimum absolute atomic E-state index is 0.00924. The van der Waals surface area contributed by atoms with Crippen molar-refractivity contribution in [2.75, 3.05) is 6.61 Å². The summed E-state index contributed by atoms with van der Waals surface area (Å²) in [4.78, 5) is 36.5. The van der Waals surface area contributed by atoms with Crippen LogP contribution in [0.4, 0.5) is 0 Å². The van der Waals surface area contributed by atoms with Crippen LogP contribution in [0, 0.1) is 0 Å². The SMILES string of the molecule is C[C@H](NC(=O)c1ccc(C(C)(C)C)cc1)C(=O)OCC(=O)N[C@H](C)c1ccccc1. The quantitative estimate of drug-likeness (QED) is 0.684. The summed E-state index contributed by atoms with van der Waals surface area (Å²) in [5, 5.41) is 5.37. The van der Waals surface area contributed by atoms with Gasteiger partial charge in [0, 0.05) is 5.56 Å². The Morgan fingerprint density at radius 3 is 2.07 bits per heavy atom. The number of ether oxygens (including phenoxy) is 1. The maximum absolute atomic E-state index is 12.4. The molecule has 0 bridgehead atoms. The third kappa shape index (κ3) is 6.72. The molecule has 2 amide bonds. The Kier molecular flexibility index (Phi) is 7.75. The molecule has 0 heterocycles. The van der Waals surface area contributed by atoms with Crippen LogP contribution in [0.5, 0.6) is 0 Å². The van der Waals surface area contributed by atoms with Crippen molar-refractivity contribution in [1.29, 1.82) is 0 Å². The Morgan fingerprint density at radius 2 is 1.50 bits per heavy atom. The molecule has 0 saturated carbocycles. The molecule has 2 N–H and O–H groups in total. The second-order valence-electron chi connectivity index (χ2n) is 8.33. The van der Waals surface area contributed by atoms with Crippen molar-refractivity contribution < 1.29 is 19.1 Å². The number of nitrogens with one attached hydrogen (secondary N) is 2. The second kappa shape index (κ2) is 10.1. The topological polar surface area (TPSA) is 84.5 Å². The molecule has 30 heavy (non-hydrogen) atoms. The molecule has 2 aromatic carbocycles. The number of carbonyl (C=O) groups excluding carboxylic acids is 3. The third-order valence-electron chi connectivity index (χ3n) is 4.74. The first-order valence-corrected chi connectivity index (χ1v) is 10.0. The minimum atomic E-state index is -0.876. The van der Waals surface area contributed by atoms with Gasteiger partial charge in [-0.2, -0.15) is 0 Å². The molecule has 0 aliphatic carbocycles. The molecule has 0 aromatic heterocycles. The average Bonchev–Trinajstić information content (AvgIpc) is 2.72. The van der Waals surface area contributed by atoms with E-state index in [1.807, 2.05) is 49.4 Å². The lowest BCUT2D eigenvalue weighted by atomic mass is 9.86. The smallest absolute Gasteiger partial charge is 0.328 e. The van der Waals surface area contributed by atoms with Gasteiger partial charge >= 0.3 is 5.97 Å². The van der Waals surface area contributed by atoms with Gasteiger partial charge in [0.2, 0.25) is 0 Å². The molecular formula is C24H30N2O4. The first-order chi connectivity index (χ1) is 14.1. The normalized spacial score (nSPS) is 13.1. The van der Waals surface area contributed by atoms with Gasteiger partial charge in [0.15, 0.2) is 6.61 Å². The van der Waals surface area contributed by atoms with Crippen LogP contribution in [0.3, 0.4) is 0 Å². The number of hydrogen-bond donors (Lipinski definition) is 2. The highest BCUT2D eigenvalue weighted by molar-refractivity contribution is 5.96. The Labute approximate surface area is 178 Å². The van der Waals surface area contributed by atoms with E-state index in [0.29, 0.717) is 5.56 Å². The molecule has 0 aliphatic rings. The van der Waals surface area contributed by atoms with E-state index >= 15 is 0 Å². The van der Waals surface area contributed by atoms with Crippen molar-refractivity contribution in [1.82, 2.24) is 10.6 Å². The fraction of sp³-hybridized carbons (Fsp3) is 0.375. The fourth-order valence-electron chi connectivity index (χ4n) is 2.83. The van der Waals surface area contributed by atoms with Gasteiger partial charge in [0.05, 0.1) is 6.04 Å². The molecule has 2 aromatic rings. The largest absolute Gasteiger partial charge is 0.454 e. The Bertz CT molecular complexity index is 870. The number of benzene rings is 2. The molecule has 6 nitrogen and oxygen atoms in total. The van der Waals surface area contributed by atoms with E-state index in [-0.39, 0.29) is 17.4 Å². The van der Waals surface area contributed by atoms with Crippen LogP contribution in [0.2, 0.25) is 0 Å². The van der Waals surface area contributed by atoms with Gasteiger partial charge in [-0.15, -0.1) is 0 Å². The van der Waals surface area contributed by atoms with E-state index in [1.165, 1.54) is 6.92 Å². The summed E-state index contributed by atoms with van der Waals surface area (Å²) in [6.45, 7) is 9.25. The van der Waals surface area contributed by atoms with Gasteiger partial charge in [-0.25, -0.2) is 4.79 Å². The maximum atomic E-state index is 12.4. The molecule has 0 fully saturated rings. The highest BCUT2D eigenvalue weighted by Crippen LogP contribution is 2.22. The molecule has 0 spiro atoms. The van der Waals surface area contributed by atoms with Crippen LogP contribution >= 0.6 is 0 Å². The van der Waals surface area contributed by atoms with Crippen LogP contribution in [0.15, 0.2) is 54.6 Å². The standard InChI is InChI=1S/C24H30N2O4/c1-16(18-9-7-6-8-10-18)25-21(27)15-30-23(29)17(2)26-22(28)19-11-13-20(14-12-19)24(3,4)5/h6-14,16-17H,15H2,1-5H3,(H,25,27)(H,26,28)/t16-,17+/m1/s1. The summed E-state index contributed by atoms with van der Waals surface area (Å²) in [5.74, 6) is -1.45. The molecule has 160 valence electrons. The van der Waals surface area contributed by atoms with Crippen molar-refractivity contribution in [2.24, 2.45) is 0 Å². The first kappa shape index (κ1) is 23.1. The Morgan fingerprint density at radius 1 is 0.900 bits per heavy atom. The second-order valence-corrected chi connectivity index (χ2v) is 8.33. The zero-order valence-corrected chi connectivity index (χ0v) is 18.2. The summed E-state index contributed by atoms with van der Waals surface area (Å²) in [6.07, 6.45) is 0. The van der Waals surface area contributed by atoms with Crippen molar-refractivity contribution >= 4 is 17.8 Å². The zero-order valence-electron chi connectivity index (χ0n) is 18.2. The van der Waals surface area contributed by atoms with E-state index < -0.39 is 24.5 Å². The van der Waals surface area contributed by atoms with Gasteiger partial charge in [0.25, 0.3) is 11.8 Å². The zero-order chi connectivity index (χ0) is 22.3. The predicted molar refractivity (Wildman–Crippen MR) is 116 cm³/mol. The van der Waals surface area contributed by atoms with E-state index in [0.717, 1.165) is 11.1 Å². The lowest BCUT2D eigenvalue weighted by molar-refractivity contribution is -0.150. The lowest BCUT2D eigenvalue weighted by Gasteiger charge is -2.19. The van der Waals surface area contributed by atoms with Crippen LogP contribution < -0.4 is 10.6 Å². The van der Waals surface area contributed by atoms with Crippen LogP contribution in [-0.2, 0) is 19.7 Å². The summed E-state index contributed by atoms with van der Waals surface area (Å²) >= 11 is 0. The molecule has 0 unspecified atom stereocenters. The lowest BCUT2D eigenvalue weighted by Crippen LogP contribution is -2.41.